The summed E-state index contributed by atoms with van der Waals surface area (Å²) in [6.45, 7) is -0.0216. The van der Waals surface area contributed by atoms with Crippen molar-refractivity contribution in [3.63, 3.8) is 0 Å². The molecule has 1 amide bonds. The van der Waals surface area contributed by atoms with Crippen molar-refractivity contribution in [2.24, 2.45) is 11.8 Å². The lowest BCUT2D eigenvalue weighted by molar-refractivity contribution is -0.185. The van der Waals surface area contributed by atoms with Gasteiger partial charge in [-0.05, 0) is 31.6 Å². The third-order valence-corrected chi connectivity index (χ3v) is 3.83. The number of carbonyl (C=O) groups is 1. The van der Waals surface area contributed by atoms with E-state index in [-0.39, 0.29) is 6.04 Å². The van der Waals surface area contributed by atoms with Gasteiger partial charge in [-0.1, -0.05) is 12.8 Å². The van der Waals surface area contributed by atoms with Crippen LogP contribution >= 0.6 is 0 Å². The van der Waals surface area contributed by atoms with Crippen molar-refractivity contribution in [2.45, 2.75) is 50.9 Å². The summed E-state index contributed by atoms with van der Waals surface area (Å²) in [4.78, 5) is 11.7. The van der Waals surface area contributed by atoms with E-state index in [1.807, 2.05) is 0 Å². The van der Waals surface area contributed by atoms with E-state index in [9.17, 15) is 18.0 Å². The molecule has 104 valence electrons. The minimum absolute atomic E-state index is 0.164. The molecule has 2 saturated carbocycles. The molecular weight excluding hydrogens is 247 g/mol. The summed E-state index contributed by atoms with van der Waals surface area (Å²) < 4.78 is 40.3. The summed E-state index contributed by atoms with van der Waals surface area (Å²) in [5, 5.41) is 2.80. The minimum Gasteiger partial charge on any atom is -0.359 e. The summed E-state index contributed by atoms with van der Waals surface area (Å²) in [6.07, 6.45) is -0.821. The van der Waals surface area contributed by atoms with Gasteiger partial charge in [-0.3, -0.25) is 4.79 Å². The Balaban J connectivity index is 1.71. The Morgan fingerprint density at radius 2 is 1.89 bits per heavy atom. The molecule has 0 spiro atoms. The van der Waals surface area contributed by atoms with Gasteiger partial charge in [-0.25, -0.2) is 0 Å². The highest BCUT2D eigenvalue weighted by Gasteiger charge is 2.51. The van der Waals surface area contributed by atoms with Crippen molar-refractivity contribution in [1.29, 1.82) is 0 Å². The van der Waals surface area contributed by atoms with Gasteiger partial charge in [0.05, 0.1) is 0 Å². The van der Waals surface area contributed by atoms with Gasteiger partial charge in [-0.15, -0.1) is 0 Å². The molecule has 1 N–H and O–H groups in total. The lowest BCUT2D eigenvalue weighted by atomic mass is 10.0. The molecule has 0 aromatic heterocycles. The number of hydrogen-bond acceptors (Lipinski definition) is 2. The van der Waals surface area contributed by atoms with Crippen LogP contribution in [0, 0.1) is 11.8 Å². The number of nitrogens with one attached hydrogen (secondary N) is 1. The zero-order valence-corrected chi connectivity index (χ0v) is 10.3. The maximum Gasteiger partial charge on any atom is 0.411 e. The Morgan fingerprint density at radius 1 is 1.33 bits per heavy atom. The van der Waals surface area contributed by atoms with Crippen LogP contribution < -0.4 is 5.32 Å². The highest BCUT2D eigenvalue weighted by atomic mass is 19.4. The molecule has 0 aliphatic heterocycles. The van der Waals surface area contributed by atoms with Crippen LogP contribution in [0.15, 0.2) is 0 Å². The van der Waals surface area contributed by atoms with Gasteiger partial charge >= 0.3 is 6.18 Å². The number of rotatable bonds is 4. The summed E-state index contributed by atoms with van der Waals surface area (Å²) >= 11 is 0. The molecule has 3 nitrogen and oxygen atoms in total. The number of hydrogen-bond donors (Lipinski definition) is 1. The van der Waals surface area contributed by atoms with Crippen LogP contribution in [0.1, 0.15) is 32.6 Å². The highest BCUT2D eigenvalue weighted by Crippen LogP contribution is 2.49. The Bertz CT molecular complexity index is 307. The predicted octanol–water partition coefficient (Wildman–Crippen LogP) is 2.26. The highest BCUT2D eigenvalue weighted by molar-refractivity contribution is 5.81. The summed E-state index contributed by atoms with van der Waals surface area (Å²) in [7, 11) is 0. The molecule has 6 heteroatoms. The molecular formula is C12H18F3NO2. The molecule has 0 aromatic carbocycles. The van der Waals surface area contributed by atoms with Crippen molar-refractivity contribution in [2.75, 3.05) is 6.61 Å². The second kappa shape index (κ2) is 5.07. The first kappa shape index (κ1) is 13.6. The number of amides is 1. The average molecular weight is 265 g/mol. The molecule has 18 heavy (non-hydrogen) atoms. The van der Waals surface area contributed by atoms with E-state index >= 15 is 0 Å². The van der Waals surface area contributed by atoms with Gasteiger partial charge in [0.1, 0.15) is 12.7 Å². The van der Waals surface area contributed by atoms with Crippen molar-refractivity contribution in [3.05, 3.63) is 0 Å². The SMILES string of the molecule is C[C@@H](OCC(F)(F)F)C(=O)NC1[C@H]2CCCC[C@@H]12. The number of halogens is 3. The Morgan fingerprint density at radius 3 is 2.39 bits per heavy atom. The lowest BCUT2D eigenvalue weighted by Crippen LogP contribution is -2.38. The van der Waals surface area contributed by atoms with Gasteiger partial charge in [0, 0.05) is 6.04 Å². The van der Waals surface area contributed by atoms with Crippen LogP contribution in [0.4, 0.5) is 13.2 Å². The number of fused-ring (bicyclic) bond motifs is 1. The quantitative estimate of drug-likeness (QED) is 0.846. The molecule has 0 radical (unpaired) electrons. The van der Waals surface area contributed by atoms with E-state index in [0.717, 1.165) is 12.8 Å². The number of alkyl halides is 3. The fourth-order valence-electron chi connectivity index (χ4n) is 2.78. The van der Waals surface area contributed by atoms with Gasteiger partial charge < -0.3 is 10.1 Å². The standard InChI is InChI=1S/C12H18F3NO2/c1-7(18-6-12(13,14)15)11(17)16-10-8-4-2-3-5-9(8)10/h7-10H,2-6H2,1H3,(H,16,17)/t7-,8-,9+,10?/m1/s1. The third-order valence-electron chi connectivity index (χ3n) is 3.83. The second-order valence-electron chi connectivity index (χ2n) is 5.21. The number of ether oxygens (including phenoxy) is 1. The van der Waals surface area contributed by atoms with Gasteiger partial charge in [-0.2, -0.15) is 13.2 Å². The van der Waals surface area contributed by atoms with Crippen LogP contribution in [0.2, 0.25) is 0 Å². The first-order valence-corrected chi connectivity index (χ1v) is 6.37. The zero-order chi connectivity index (χ0) is 13.3. The van der Waals surface area contributed by atoms with Crippen molar-refractivity contribution in [1.82, 2.24) is 5.32 Å². The van der Waals surface area contributed by atoms with E-state index in [1.165, 1.54) is 19.8 Å². The fraction of sp³-hybridized carbons (Fsp3) is 0.917. The first-order valence-electron chi connectivity index (χ1n) is 6.37. The minimum atomic E-state index is -4.39. The lowest BCUT2D eigenvalue weighted by Gasteiger charge is -2.14. The Labute approximate surface area is 104 Å². The maximum absolute atomic E-state index is 11.9. The molecule has 1 unspecified atom stereocenters. The normalized spacial score (nSPS) is 32.6. The van der Waals surface area contributed by atoms with Gasteiger partial charge in [0.2, 0.25) is 5.91 Å². The second-order valence-corrected chi connectivity index (χ2v) is 5.21. The summed E-state index contributed by atoms with van der Waals surface area (Å²) in [5.74, 6) is 0.647. The molecule has 2 fully saturated rings. The van der Waals surface area contributed by atoms with Crippen LogP contribution in [0.5, 0.6) is 0 Å². The topological polar surface area (TPSA) is 38.3 Å². The van der Waals surface area contributed by atoms with Crippen molar-refractivity contribution < 1.29 is 22.7 Å². The van der Waals surface area contributed by atoms with Gasteiger partial charge in [0.15, 0.2) is 0 Å². The molecule has 4 atom stereocenters. The van der Waals surface area contributed by atoms with Gasteiger partial charge in [0.25, 0.3) is 0 Å². The van der Waals surface area contributed by atoms with E-state index < -0.39 is 24.8 Å². The fourth-order valence-corrected chi connectivity index (χ4v) is 2.78. The molecule has 2 aliphatic carbocycles. The van der Waals surface area contributed by atoms with Crippen LogP contribution in [0.3, 0.4) is 0 Å². The van der Waals surface area contributed by atoms with E-state index in [2.05, 4.69) is 10.1 Å². The molecule has 2 rings (SSSR count). The van der Waals surface area contributed by atoms with E-state index in [0.29, 0.717) is 11.8 Å². The molecule has 2 aliphatic rings. The average Bonchev–Trinajstić information content (AvgIpc) is 2.99. The first-order chi connectivity index (χ1) is 8.38. The number of carbonyl (C=O) groups excluding carboxylic acids is 1. The third kappa shape index (κ3) is 3.37. The predicted molar refractivity (Wildman–Crippen MR) is 58.8 cm³/mol. The van der Waals surface area contributed by atoms with Crippen molar-refractivity contribution >= 4 is 5.91 Å². The molecule has 0 bridgehead atoms. The smallest absolute Gasteiger partial charge is 0.359 e. The van der Waals surface area contributed by atoms with E-state index in [1.54, 1.807) is 0 Å². The largest absolute Gasteiger partial charge is 0.411 e. The van der Waals surface area contributed by atoms with E-state index in [4.69, 9.17) is 0 Å². The van der Waals surface area contributed by atoms with Crippen LogP contribution in [-0.2, 0) is 9.53 Å². The zero-order valence-electron chi connectivity index (χ0n) is 10.3. The molecule has 0 heterocycles. The van der Waals surface area contributed by atoms with Crippen molar-refractivity contribution in [3.8, 4) is 0 Å². The molecule has 0 saturated heterocycles. The monoisotopic (exact) mass is 265 g/mol. The molecule has 0 aromatic rings. The maximum atomic E-state index is 11.9. The summed E-state index contributed by atoms with van der Waals surface area (Å²) in [5.41, 5.74) is 0. The van der Waals surface area contributed by atoms with Crippen LogP contribution in [0.25, 0.3) is 0 Å². The Hall–Kier alpha value is -0.780. The summed E-state index contributed by atoms with van der Waals surface area (Å²) in [6, 6.07) is 0.164. The van der Waals surface area contributed by atoms with Crippen LogP contribution in [-0.4, -0.2) is 30.8 Å². The Kier molecular flexibility index (Phi) is 3.84.